The molecule has 0 radical (unpaired) electrons. The first-order valence-corrected chi connectivity index (χ1v) is 6.85. The van der Waals surface area contributed by atoms with E-state index in [1.807, 2.05) is 24.3 Å². The van der Waals surface area contributed by atoms with E-state index in [9.17, 15) is 4.79 Å². The third-order valence-electron chi connectivity index (χ3n) is 3.53. The molecule has 1 aromatic rings. The number of halogens is 1. The predicted molar refractivity (Wildman–Crippen MR) is 70.9 cm³/mol. The molecule has 92 valence electrons. The van der Waals surface area contributed by atoms with Crippen molar-refractivity contribution in [2.24, 2.45) is 5.92 Å². The summed E-state index contributed by atoms with van der Waals surface area (Å²) in [6.45, 7) is 0. The van der Waals surface area contributed by atoms with Crippen molar-refractivity contribution in [3.8, 4) is 0 Å². The smallest absolute Gasteiger partial charge is 0.313 e. The summed E-state index contributed by atoms with van der Waals surface area (Å²) in [5, 5.41) is 0. The molecule has 0 aromatic heterocycles. The minimum Gasteiger partial charge on any atom is -0.469 e. The molecule has 1 atom stereocenters. The second kappa shape index (κ2) is 5.67. The monoisotopic (exact) mass is 296 g/mol. The predicted octanol–water partition coefficient (Wildman–Crippen LogP) is 3.90. The number of hydrogen-bond acceptors (Lipinski definition) is 2. The molecule has 1 fully saturated rings. The number of rotatable bonds is 3. The fourth-order valence-electron chi connectivity index (χ4n) is 2.72. The van der Waals surface area contributed by atoms with Crippen LogP contribution in [0, 0.1) is 5.92 Å². The standard InChI is InChI=1S/C14H17BrO2/c1-17-14(16)13(10-5-2-3-6-10)11-7-4-8-12(15)9-11/h4,7-10,13H,2-3,5-6H2,1H3/t13-/m1/s1. The van der Waals surface area contributed by atoms with E-state index in [4.69, 9.17) is 4.74 Å². The molecule has 2 rings (SSSR count). The van der Waals surface area contributed by atoms with Crippen molar-refractivity contribution in [3.05, 3.63) is 34.3 Å². The first-order chi connectivity index (χ1) is 8.22. The maximum Gasteiger partial charge on any atom is 0.313 e. The van der Waals surface area contributed by atoms with Gasteiger partial charge in [-0.3, -0.25) is 4.79 Å². The van der Waals surface area contributed by atoms with Crippen molar-refractivity contribution < 1.29 is 9.53 Å². The number of methoxy groups -OCH3 is 1. The minimum atomic E-state index is -0.102. The van der Waals surface area contributed by atoms with Crippen LogP contribution in [0.4, 0.5) is 0 Å². The van der Waals surface area contributed by atoms with E-state index in [1.54, 1.807) is 0 Å². The summed E-state index contributed by atoms with van der Waals surface area (Å²) in [5.74, 6) is 0.242. The zero-order valence-electron chi connectivity index (χ0n) is 9.99. The Kier molecular flexibility index (Phi) is 4.21. The Morgan fingerprint density at radius 1 is 1.41 bits per heavy atom. The largest absolute Gasteiger partial charge is 0.469 e. The number of hydrogen-bond donors (Lipinski definition) is 0. The van der Waals surface area contributed by atoms with Crippen LogP contribution >= 0.6 is 15.9 Å². The van der Waals surface area contributed by atoms with Gasteiger partial charge in [0, 0.05) is 4.47 Å². The van der Waals surface area contributed by atoms with Crippen molar-refractivity contribution in [2.45, 2.75) is 31.6 Å². The molecule has 0 amide bonds. The SMILES string of the molecule is COC(=O)[C@@H](c1cccc(Br)c1)C1CCCC1. The molecule has 1 aliphatic carbocycles. The van der Waals surface area contributed by atoms with Gasteiger partial charge in [0.15, 0.2) is 0 Å². The zero-order chi connectivity index (χ0) is 12.3. The molecular formula is C14H17BrO2. The summed E-state index contributed by atoms with van der Waals surface area (Å²) in [6.07, 6.45) is 4.72. The Bertz CT molecular complexity index is 397. The van der Waals surface area contributed by atoms with Gasteiger partial charge in [-0.1, -0.05) is 40.9 Å². The molecule has 2 nitrogen and oxygen atoms in total. The highest BCUT2D eigenvalue weighted by Gasteiger charge is 2.32. The first-order valence-electron chi connectivity index (χ1n) is 6.05. The molecule has 0 unspecified atom stereocenters. The molecule has 0 spiro atoms. The van der Waals surface area contributed by atoms with Gasteiger partial charge in [-0.2, -0.15) is 0 Å². The normalized spacial score (nSPS) is 18.0. The van der Waals surface area contributed by atoms with E-state index < -0.39 is 0 Å². The zero-order valence-corrected chi connectivity index (χ0v) is 11.6. The summed E-state index contributed by atoms with van der Waals surface area (Å²) < 4.78 is 5.98. The molecule has 0 saturated heterocycles. The van der Waals surface area contributed by atoms with Crippen molar-refractivity contribution in [1.29, 1.82) is 0 Å². The highest BCUT2D eigenvalue weighted by molar-refractivity contribution is 9.10. The Hall–Kier alpha value is -0.830. The van der Waals surface area contributed by atoms with E-state index in [1.165, 1.54) is 20.0 Å². The highest BCUT2D eigenvalue weighted by atomic mass is 79.9. The van der Waals surface area contributed by atoms with E-state index in [0.29, 0.717) is 5.92 Å². The molecule has 0 aliphatic heterocycles. The highest BCUT2D eigenvalue weighted by Crippen LogP contribution is 2.38. The van der Waals surface area contributed by atoms with Crippen LogP contribution in [0.2, 0.25) is 0 Å². The number of esters is 1. The van der Waals surface area contributed by atoms with Gasteiger partial charge < -0.3 is 4.74 Å². The molecule has 17 heavy (non-hydrogen) atoms. The van der Waals surface area contributed by atoms with Crippen LogP contribution in [0.1, 0.15) is 37.2 Å². The maximum absolute atomic E-state index is 12.0. The van der Waals surface area contributed by atoms with Gasteiger partial charge in [-0.15, -0.1) is 0 Å². The molecule has 0 bridgehead atoms. The van der Waals surface area contributed by atoms with Gasteiger partial charge in [0.05, 0.1) is 13.0 Å². The lowest BCUT2D eigenvalue weighted by Crippen LogP contribution is -2.21. The van der Waals surface area contributed by atoms with Crippen LogP contribution < -0.4 is 0 Å². The molecule has 3 heteroatoms. The lowest BCUT2D eigenvalue weighted by molar-refractivity contribution is -0.143. The molecular weight excluding hydrogens is 280 g/mol. The Labute approximate surface area is 110 Å². The maximum atomic E-state index is 12.0. The van der Waals surface area contributed by atoms with Crippen molar-refractivity contribution in [1.82, 2.24) is 0 Å². The molecule has 0 heterocycles. The first kappa shape index (κ1) is 12.6. The van der Waals surface area contributed by atoms with Gasteiger partial charge in [0.1, 0.15) is 0 Å². The van der Waals surface area contributed by atoms with Gasteiger partial charge in [0.2, 0.25) is 0 Å². The number of carbonyl (C=O) groups is 1. The third-order valence-corrected chi connectivity index (χ3v) is 4.03. The lowest BCUT2D eigenvalue weighted by atomic mass is 9.85. The third kappa shape index (κ3) is 2.89. The molecule has 1 saturated carbocycles. The Morgan fingerprint density at radius 3 is 2.71 bits per heavy atom. The number of benzene rings is 1. The fraction of sp³-hybridized carbons (Fsp3) is 0.500. The van der Waals surface area contributed by atoms with Crippen molar-refractivity contribution >= 4 is 21.9 Å². The van der Waals surface area contributed by atoms with Crippen LogP contribution in [-0.2, 0) is 9.53 Å². The second-order valence-electron chi connectivity index (χ2n) is 4.60. The Balaban J connectivity index is 2.29. The molecule has 1 aliphatic rings. The van der Waals surface area contributed by atoms with Gasteiger partial charge >= 0.3 is 5.97 Å². The van der Waals surface area contributed by atoms with Gasteiger partial charge in [-0.25, -0.2) is 0 Å². The van der Waals surface area contributed by atoms with E-state index in [2.05, 4.69) is 15.9 Å². The lowest BCUT2D eigenvalue weighted by Gasteiger charge is -2.21. The van der Waals surface area contributed by atoms with E-state index >= 15 is 0 Å². The Morgan fingerprint density at radius 2 is 2.12 bits per heavy atom. The van der Waals surface area contributed by atoms with Gasteiger partial charge in [0.25, 0.3) is 0 Å². The van der Waals surface area contributed by atoms with E-state index in [0.717, 1.165) is 22.9 Å². The summed E-state index contributed by atoms with van der Waals surface area (Å²) in [4.78, 5) is 12.0. The second-order valence-corrected chi connectivity index (χ2v) is 5.52. The van der Waals surface area contributed by atoms with Crippen LogP contribution in [0.25, 0.3) is 0 Å². The van der Waals surface area contributed by atoms with Crippen molar-refractivity contribution in [2.75, 3.05) is 7.11 Å². The fourth-order valence-corrected chi connectivity index (χ4v) is 3.14. The average molecular weight is 297 g/mol. The summed E-state index contributed by atoms with van der Waals surface area (Å²) in [7, 11) is 1.47. The van der Waals surface area contributed by atoms with Crippen LogP contribution in [-0.4, -0.2) is 13.1 Å². The summed E-state index contributed by atoms with van der Waals surface area (Å²) in [6, 6.07) is 8.00. The van der Waals surface area contributed by atoms with Crippen LogP contribution in [0.3, 0.4) is 0 Å². The van der Waals surface area contributed by atoms with Gasteiger partial charge in [-0.05, 0) is 36.5 Å². The number of ether oxygens (including phenoxy) is 1. The van der Waals surface area contributed by atoms with Crippen molar-refractivity contribution in [3.63, 3.8) is 0 Å². The molecule has 0 N–H and O–H groups in total. The average Bonchev–Trinajstić information content (AvgIpc) is 2.83. The minimum absolute atomic E-state index is 0.0972. The quantitative estimate of drug-likeness (QED) is 0.791. The number of carbonyl (C=O) groups excluding carboxylic acids is 1. The topological polar surface area (TPSA) is 26.3 Å². The summed E-state index contributed by atoms with van der Waals surface area (Å²) in [5.41, 5.74) is 1.07. The van der Waals surface area contributed by atoms with Crippen LogP contribution in [0.15, 0.2) is 28.7 Å². The molecule has 1 aromatic carbocycles. The summed E-state index contributed by atoms with van der Waals surface area (Å²) >= 11 is 3.46. The van der Waals surface area contributed by atoms with Crippen LogP contribution in [0.5, 0.6) is 0 Å². The van der Waals surface area contributed by atoms with E-state index in [-0.39, 0.29) is 11.9 Å².